The second kappa shape index (κ2) is 1.85. The lowest BCUT2D eigenvalue weighted by Gasteiger charge is -1.99. The molecule has 0 aliphatic carbocycles. The summed E-state index contributed by atoms with van der Waals surface area (Å²) in [6.45, 7) is 0. The quantitative estimate of drug-likeness (QED) is 0.487. The van der Waals surface area contributed by atoms with Crippen LogP contribution in [-0.2, 0) is 0 Å². The SMILES string of the molecule is c1ccc2c3nnc(nn3)c2c1. The molecule has 0 aliphatic heterocycles. The van der Waals surface area contributed by atoms with Crippen LogP contribution in [-0.4, -0.2) is 20.4 Å². The number of rotatable bonds is 0. The molecule has 0 saturated heterocycles. The molecule has 0 radical (unpaired) electrons. The van der Waals surface area contributed by atoms with Gasteiger partial charge in [0.2, 0.25) is 11.3 Å². The van der Waals surface area contributed by atoms with Crippen LogP contribution < -0.4 is 0 Å². The Morgan fingerprint density at radius 2 is 1.08 bits per heavy atom. The zero-order valence-electron chi connectivity index (χ0n) is 6.10. The molecule has 0 atom stereocenters. The highest BCUT2D eigenvalue weighted by Crippen LogP contribution is 2.18. The second-order valence-electron chi connectivity index (χ2n) is 2.59. The molecule has 0 unspecified atom stereocenters. The zero-order chi connectivity index (χ0) is 7.97. The molecular formula is C8H4N4. The van der Waals surface area contributed by atoms with Crippen molar-refractivity contribution in [2.75, 3.05) is 0 Å². The van der Waals surface area contributed by atoms with E-state index >= 15 is 0 Å². The Hall–Kier alpha value is -1.84. The first kappa shape index (κ1) is 5.77. The lowest BCUT2D eigenvalue weighted by Crippen LogP contribution is -1.96. The monoisotopic (exact) mass is 156 g/mol. The molecular weight excluding hydrogens is 152 g/mol. The summed E-state index contributed by atoms with van der Waals surface area (Å²) in [6.07, 6.45) is 0. The van der Waals surface area contributed by atoms with Gasteiger partial charge in [-0.3, -0.25) is 0 Å². The van der Waals surface area contributed by atoms with Crippen molar-refractivity contribution in [3.05, 3.63) is 24.3 Å². The molecule has 2 bridgehead atoms. The van der Waals surface area contributed by atoms with E-state index in [-0.39, 0.29) is 0 Å². The summed E-state index contributed by atoms with van der Waals surface area (Å²) in [5.74, 6) is 0. The Bertz CT molecular complexity index is 465. The lowest BCUT2D eigenvalue weighted by atomic mass is 10.2. The highest BCUT2D eigenvalue weighted by Gasteiger charge is 2.05. The Labute approximate surface area is 67.6 Å². The van der Waals surface area contributed by atoms with Crippen LogP contribution in [0.3, 0.4) is 0 Å². The third-order valence-corrected chi connectivity index (χ3v) is 1.89. The molecule has 3 heterocycles. The third kappa shape index (κ3) is 0.567. The van der Waals surface area contributed by atoms with E-state index in [1.165, 1.54) is 0 Å². The molecule has 4 rings (SSSR count). The predicted molar refractivity (Wildman–Crippen MR) is 43.8 cm³/mol. The average Bonchev–Trinajstić information content (AvgIpc) is 2.20. The van der Waals surface area contributed by atoms with E-state index in [1.807, 2.05) is 24.3 Å². The fourth-order valence-electron chi connectivity index (χ4n) is 1.32. The van der Waals surface area contributed by atoms with Gasteiger partial charge in [0.15, 0.2) is 0 Å². The summed E-state index contributed by atoms with van der Waals surface area (Å²) >= 11 is 0. The van der Waals surface area contributed by atoms with E-state index in [0.29, 0.717) is 11.3 Å². The van der Waals surface area contributed by atoms with Gasteiger partial charge in [-0.25, -0.2) is 0 Å². The molecule has 56 valence electrons. The Morgan fingerprint density at radius 1 is 0.667 bits per heavy atom. The van der Waals surface area contributed by atoms with Crippen molar-refractivity contribution >= 4 is 22.1 Å². The number of nitrogens with zero attached hydrogens (tertiary/aromatic N) is 4. The molecule has 4 nitrogen and oxygen atoms in total. The summed E-state index contributed by atoms with van der Waals surface area (Å²) in [4.78, 5) is 0. The number of hydrogen-bond donors (Lipinski definition) is 0. The van der Waals surface area contributed by atoms with Gasteiger partial charge in [0, 0.05) is 10.8 Å². The maximum Gasteiger partial charge on any atom is 0.204 e. The molecule has 0 fully saturated rings. The van der Waals surface area contributed by atoms with E-state index < -0.39 is 0 Å². The largest absolute Gasteiger partial charge is 0.204 e. The summed E-state index contributed by atoms with van der Waals surface area (Å²) < 4.78 is 0. The molecule has 0 saturated carbocycles. The zero-order valence-corrected chi connectivity index (χ0v) is 6.10. The van der Waals surface area contributed by atoms with Crippen molar-refractivity contribution < 1.29 is 0 Å². The molecule has 1 aromatic carbocycles. The van der Waals surface area contributed by atoms with E-state index in [2.05, 4.69) is 20.4 Å². The molecule has 0 spiro atoms. The van der Waals surface area contributed by atoms with Gasteiger partial charge in [-0.2, -0.15) is 0 Å². The Balaban J connectivity index is 2.75. The molecule has 0 aliphatic rings. The molecule has 0 amide bonds. The minimum atomic E-state index is 0.612. The Kier molecular flexibility index (Phi) is 0.889. The van der Waals surface area contributed by atoms with Gasteiger partial charge < -0.3 is 0 Å². The summed E-state index contributed by atoms with van der Waals surface area (Å²) in [5, 5.41) is 17.6. The first-order valence-corrected chi connectivity index (χ1v) is 3.62. The van der Waals surface area contributed by atoms with Crippen molar-refractivity contribution in [1.29, 1.82) is 0 Å². The van der Waals surface area contributed by atoms with Gasteiger partial charge in [0.25, 0.3) is 0 Å². The minimum absolute atomic E-state index is 0.612. The van der Waals surface area contributed by atoms with E-state index in [4.69, 9.17) is 0 Å². The number of fused-ring (bicyclic) bond motifs is 2. The van der Waals surface area contributed by atoms with E-state index in [1.54, 1.807) is 0 Å². The lowest BCUT2D eigenvalue weighted by molar-refractivity contribution is 0.955. The van der Waals surface area contributed by atoms with Crippen LogP contribution in [0.15, 0.2) is 24.3 Å². The van der Waals surface area contributed by atoms with Crippen LogP contribution in [0.25, 0.3) is 22.1 Å². The second-order valence-corrected chi connectivity index (χ2v) is 2.59. The third-order valence-electron chi connectivity index (χ3n) is 1.89. The first-order valence-electron chi connectivity index (χ1n) is 3.62. The van der Waals surface area contributed by atoms with Gasteiger partial charge in [-0.1, -0.05) is 24.3 Å². The first-order chi connectivity index (χ1) is 5.95. The van der Waals surface area contributed by atoms with E-state index in [9.17, 15) is 0 Å². The van der Waals surface area contributed by atoms with Gasteiger partial charge in [0.05, 0.1) is 0 Å². The summed E-state index contributed by atoms with van der Waals surface area (Å²) in [7, 11) is 0. The van der Waals surface area contributed by atoms with Crippen molar-refractivity contribution in [3.8, 4) is 0 Å². The number of hydrogen-bond acceptors (Lipinski definition) is 4. The number of benzene rings is 1. The van der Waals surface area contributed by atoms with Crippen molar-refractivity contribution in [1.82, 2.24) is 20.4 Å². The van der Waals surface area contributed by atoms with E-state index in [0.717, 1.165) is 10.8 Å². The fourth-order valence-corrected chi connectivity index (χ4v) is 1.32. The summed E-state index contributed by atoms with van der Waals surface area (Å²) in [6, 6.07) is 7.86. The van der Waals surface area contributed by atoms with Gasteiger partial charge >= 0.3 is 0 Å². The summed E-state index contributed by atoms with van der Waals surface area (Å²) in [5.41, 5.74) is 1.22. The molecule has 0 N–H and O–H groups in total. The van der Waals surface area contributed by atoms with Crippen molar-refractivity contribution in [3.63, 3.8) is 0 Å². The smallest absolute Gasteiger partial charge is 0.126 e. The molecule has 4 aromatic rings. The predicted octanol–water partition coefficient (Wildman–Crippen LogP) is 1.01. The standard InChI is InChI=1S/C8H4N4/c1-2-4-6-5(3-1)7-9-11-8(6)12-10-7/h1-4H. The maximum absolute atomic E-state index is 3.88. The van der Waals surface area contributed by atoms with Crippen LogP contribution in [0.4, 0.5) is 0 Å². The van der Waals surface area contributed by atoms with Gasteiger partial charge in [-0.05, 0) is 0 Å². The van der Waals surface area contributed by atoms with Crippen molar-refractivity contribution in [2.45, 2.75) is 0 Å². The van der Waals surface area contributed by atoms with Gasteiger partial charge in [-0.15, -0.1) is 20.4 Å². The number of aromatic nitrogens is 4. The molecule has 4 heteroatoms. The molecule has 3 aromatic heterocycles. The topological polar surface area (TPSA) is 51.6 Å². The maximum atomic E-state index is 3.88. The van der Waals surface area contributed by atoms with Crippen LogP contribution in [0.1, 0.15) is 0 Å². The van der Waals surface area contributed by atoms with Crippen LogP contribution in [0, 0.1) is 0 Å². The van der Waals surface area contributed by atoms with Crippen LogP contribution in [0.2, 0.25) is 0 Å². The highest BCUT2D eigenvalue weighted by molar-refractivity contribution is 6.01. The highest BCUT2D eigenvalue weighted by atomic mass is 15.3. The van der Waals surface area contributed by atoms with Crippen molar-refractivity contribution in [2.24, 2.45) is 0 Å². The van der Waals surface area contributed by atoms with Crippen LogP contribution >= 0.6 is 0 Å². The van der Waals surface area contributed by atoms with Crippen LogP contribution in [0.5, 0.6) is 0 Å². The van der Waals surface area contributed by atoms with Gasteiger partial charge in [0.1, 0.15) is 0 Å². The normalized spacial score (nSPS) is 11.3. The fraction of sp³-hybridized carbons (Fsp3) is 0. The minimum Gasteiger partial charge on any atom is -0.126 e. The molecule has 12 heavy (non-hydrogen) atoms. The average molecular weight is 156 g/mol. The Morgan fingerprint density at radius 3 is 1.50 bits per heavy atom.